The van der Waals surface area contributed by atoms with E-state index in [1.165, 1.54) is 0 Å². The van der Waals surface area contributed by atoms with Crippen LogP contribution in [0.25, 0.3) is 0 Å². The monoisotopic (exact) mass is 555 g/mol. The van der Waals surface area contributed by atoms with Crippen LogP contribution in [0.15, 0.2) is 18.2 Å². The number of fused-ring (bicyclic) bond motifs is 1. The molecule has 0 aromatic heterocycles. The number of anilines is 1. The number of benzene rings is 1. The van der Waals surface area contributed by atoms with Crippen LogP contribution in [0.1, 0.15) is 18.4 Å². The highest BCUT2D eigenvalue weighted by Crippen LogP contribution is 2.49. The Morgan fingerprint density at radius 3 is 2.49 bits per heavy atom. The van der Waals surface area contributed by atoms with Crippen LogP contribution in [0, 0.1) is 23.2 Å². The number of alkyl halides is 6. The maximum atomic E-state index is 13.5. The summed E-state index contributed by atoms with van der Waals surface area (Å²) < 4.78 is 86.9. The zero-order valence-electron chi connectivity index (χ0n) is 19.8. The molecule has 1 aromatic carbocycles. The van der Waals surface area contributed by atoms with Crippen LogP contribution in [-0.4, -0.2) is 79.8 Å². The molecule has 2 N–H and O–H groups in total. The van der Waals surface area contributed by atoms with Crippen LogP contribution >= 0.6 is 11.6 Å². The second kappa shape index (κ2) is 9.46. The van der Waals surface area contributed by atoms with Gasteiger partial charge in [-0.05, 0) is 30.4 Å². The fourth-order valence-electron chi connectivity index (χ4n) is 6.83. The summed E-state index contributed by atoms with van der Waals surface area (Å²) in [5, 5.41) is 12.3. The minimum absolute atomic E-state index is 0.0545. The highest BCUT2D eigenvalue weighted by atomic mass is 35.5. The summed E-state index contributed by atoms with van der Waals surface area (Å²) in [6.45, 7) is 3.11. The van der Waals surface area contributed by atoms with Gasteiger partial charge < -0.3 is 20.1 Å². The Kier molecular flexibility index (Phi) is 6.86. The average molecular weight is 556 g/mol. The van der Waals surface area contributed by atoms with Crippen molar-refractivity contribution in [3.05, 3.63) is 28.8 Å². The molecule has 0 radical (unpaired) electrons. The molecule has 4 aliphatic rings. The summed E-state index contributed by atoms with van der Waals surface area (Å²) in [4.78, 5) is 15.7. The summed E-state index contributed by atoms with van der Waals surface area (Å²) >= 11 is 6.59. The Hall–Kier alpha value is -1.76. The van der Waals surface area contributed by atoms with Crippen molar-refractivity contribution in [2.45, 2.75) is 43.8 Å². The molecule has 5 unspecified atom stereocenters. The Bertz CT molecular complexity index is 1020. The molecule has 206 valence electrons. The summed E-state index contributed by atoms with van der Waals surface area (Å²) in [6, 6.07) is 1.80. The number of rotatable bonds is 5. The van der Waals surface area contributed by atoms with Crippen molar-refractivity contribution in [2.24, 2.45) is 23.2 Å². The Morgan fingerprint density at radius 1 is 1.16 bits per heavy atom. The average Bonchev–Trinajstić information content (AvgIpc) is 3.54. The van der Waals surface area contributed by atoms with Gasteiger partial charge in [0.1, 0.15) is 6.04 Å². The number of carbonyl (C=O) groups is 1. The number of para-hydroxylation sites is 1. The summed E-state index contributed by atoms with van der Waals surface area (Å²) in [7, 11) is 0. The maximum absolute atomic E-state index is 13.5. The van der Waals surface area contributed by atoms with Crippen LogP contribution in [0.4, 0.5) is 32.0 Å². The molecule has 4 fully saturated rings. The molecule has 0 amide bonds. The number of carboxylic acid groups (broad SMARTS) is 1. The molecule has 1 aromatic rings. The molecule has 13 heteroatoms. The van der Waals surface area contributed by atoms with Gasteiger partial charge in [-0.15, -0.1) is 0 Å². The van der Waals surface area contributed by atoms with Crippen molar-refractivity contribution in [3.63, 3.8) is 0 Å². The molecule has 0 saturated carbocycles. The van der Waals surface area contributed by atoms with Crippen LogP contribution in [0.2, 0.25) is 5.02 Å². The minimum Gasteiger partial charge on any atom is -0.480 e. The predicted octanol–water partition coefficient (Wildman–Crippen LogP) is 4.17. The van der Waals surface area contributed by atoms with E-state index in [-0.39, 0.29) is 25.0 Å². The van der Waals surface area contributed by atoms with Gasteiger partial charge in [-0.1, -0.05) is 23.7 Å². The van der Waals surface area contributed by atoms with Gasteiger partial charge in [0.25, 0.3) is 0 Å². The number of ether oxygens (including phenoxy) is 1. The molecule has 4 heterocycles. The molecule has 1 spiro atoms. The minimum atomic E-state index is -5.56. The Balaban J connectivity index is 1.38. The van der Waals surface area contributed by atoms with E-state index >= 15 is 0 Å². The lowest BCUT2D eigenvalue weighted by molar-refractivity contribution is -0.293. The zero-order valence-corrected chi connectivity index (χ0v) is 20.5. The van der Waals surface area contributed by atoms with Crippen molar-refractivity contribution in [1.82, 2.24) is 10.2 Å². The van der Waals surface area contributed by atoms with E-state index in [9.17, 15) is 36.2 Å². The predicted molar refractivity (Wildman–Crippen MR) is 122 cm³/mol. The molecule has 0 bridgehead atoms. The summed E-state index contributed by atoms with van der Waals surface area (Å²) in [5.41, 5.74) is 1.67. The third kappa shape index (κ3) is 5.02. The molecule has 37 heavy (non-hydrogen) atoms. The number of nitrogens with zero attached hydrogens (tertiary/aromatic N) is 2. The van der Waals surface area contributed by atoms with Crippen LogP contribution < -0.4 is 10.2 Å². The van der Waals surface area contributed by atoms with Gasteiger partial charge in [-0.2, -0.15) is 26.3 Å². The highest BCUT2D eigenvalue weighted by Gasteiger charge is 2.66. The molecule has 5 atom stereocenters. The number of hydrogen-bond donors (Lipinski definition) is 2. The normalized spacial score (nSPS) is 32.7. The zero-order chi connectivity index (χ0) is 26.8. The van der Waals surface area contributed by atoms with E-state index in [4.69, 9.17) is 16.3 Å². The lowest BCUT2D eigenvalue weighted by Crippen LogP contribution is -2.53. The van der Waals surface area contributed by atoms with E-state index in [1.54, 1.807) is 17.0 Å². The van der Waals surface area contributed by atoms with Crippen LogP contribution in [0.5, 0.6) is 0 Å². The van der Waals surface area contributed by atoms with E-state index < -0.39 is 48.2 Å². The lowest BCUT2D eigenvalue weighted by Gasteiger charge is -2.32. The molecule has 5 rings (SSSR count). The maximum Gasteiger partial charge on any atom is 0.402 e. The van der Waals surface area contributed by atoms with Gasteiger partial charge in [0.15, 0.2) is 5.92 Å². The van der Waals surface area contributed by atoms with Crippen molar-refractivity contribution in [1.29, 1.82) is 0 Å². The fourth-order valence-corrected chi connectivity index (χ4v) is 7.14. The molecular weight excluding hydrogens is 528 g/mol. The smallest absolute Gasteiger partial charge is 0.402 e. The van der Waals surface area contributed by atoms with Crippen LogP contribution in [-0.2, 0) is 16.1 Å². The molecular formula is C24H28ClF6N3O3. The number of nitrogens with one attached hydrogen (secondary N) is 1. The summed E-state index contributed by atoms with van der Waals surface area (Å²) in [6.07, 6.45) is -9.23. The molecule has 0 aliphatic carbocycles. The number of carboxylic acids is 1. The lowest BCUT2D eigenvalue weighted by atomic mass is 9.84. The topological polar surface area (TPSA) is 65.0 Å². The van der Waals surface area contributed by atoms with Crippen LogP contribution in [0.3, 0.4) is 0 Å². The van der Waals surface area contributed by atoms with Crippen molar-refractivity contribution in [2.75, 3.05) is 44.3 Å². The SMILES string of the molecule is O=C(O)C1NC(C(C(F)(F)F)C(F)(F)F)C2CN(Cc3cccc(Cl)c3N3CCC4(CCOC4)C3)CC12. The number of hydrogen-bond acceptors (Lipinski definition) is 5. The van der Waals surface area contributed by atoms with Gasteiger partial charge in [0.2, 0.25) is 0 Å². The molecule has 6 nitrogen and oxygen atoms in total. The third-order valence-corrected chi connectivity index (χ3v) is 8.79. The quantitative estimate of drug-likeness (QED) is 0.532. The first-order chi connectivity index (χ1) is 17.3. The van der Waals surface area contributed by atoms with Crippen molar-refractivity contribution >= 4 is 23.3 Å². The third-order valence-electron chi connectivity index (χ3n) is 8.48. The van der Waals surface area contributed by atoms with Gasteiger partial charge in [-0.3, -0.25) is 9.69 Å². The first-order valence-corrected chi connectivity index (χ1v) is 12.6. The number of aliphatic carboxylic acids is 1. The van der Waals surface area contributed by atoms with E-state index in [1.807, 2.05) is 6.07 Å². The van der Waals surface area contributed by atoms with Gasteiger partial charge in [0, 0.05) is 56.7 Å². The number of likely N-dealkylation sites (tertiary alicyclic amines) is 1. The first kappa shape index (κ1) is 26.8. The Morgan fingerprint density at radius 2 is 1.86 bits per heavy atom. The van der Waals surface area contributed by atoms with Gasteiger partial charge >= 0.3 is 18.3 Å². The second-order valence-electron chi connectivity index (χ2n) is 10.8. The largest absolute Gasteiger partial charge is 0.480 e. The number of halogens is 7. The standard InChI is InChI=1S/C24H28ClF6N3O3/c25-16-3-1-2-13(19(16)34-6-4-22(11-34)5-7-37-12-22)8-33-9-14-15(10-33)18(21(35)36)32-17(14)20(23(26,27)28)24(29,30)31/h1-3,14-15,17-18,20,32H,4-12H2,(H,35,36). The summed E-state index contributed by atoms with van der Waals surface area (Å²) in [5.74, 6) is -7.11. The van der Waals surface area contributed by atoms with E-state index in [2.05, 4.69) is 10.2 Å². The van der Waals surface area contributed by atoms with E-state index in [0.29, 0.717) is 18.2 Å². The van der Waals surface area contributed by atoms with Gasteiger partial charge in [-0.25, -0.2) is 0 Å². The van der Waals surface area contributed by atoms with Crippen molar-refractivity contribution in [3.8, 4) is 0 Å². The van der Waals surface area contributed by atoms with Crippen molar-refractivity contribution < 1.29 is 41.0 Å². The fraction of sp³-hybridized carbons (Fsp3) is 0.708. The first-order valence-electron chi connectivity index (χ1n) is 12.2. The second-order valence-corrected chi connectivity index (χ2v) is 11.2. The van der Waals surface area contributed by atoms with Gasteiger partial charge in [0.05, 0.1) is 17.3 Å². The van der Waals surface area contributed by atoms with E-state index in [0.717, 1.165) is 37.2 Å². The Labute approximate surface area is 214 Å². The highest BCUT2D eigenvalue weighted by molar-refractivity contribution is 6.33. The molecule has 4 saturated heterocycles. The molecule has 4 aliphatic heterocycles.